The van der Waals surface area contributed by atoms with Gasteiger partial charge in [0.2, 0.25) is 0 Å². The van der Waals surface area contributed by atoms with Crippen LogP contribution in [0, 0.1) is 0 Å². The van der Waals surface area contributed by atoms with Crippen molar-refractivity contribution >= 4 is 35.1 Å². The summed E-state index contributed by atoms with van der Waals surface area (Å²) < 4.78 is 0. The Balaban J connectivity index is 1.34. The van der Waals surface area contributed by atoms with Gasteiger partial charge in [0.25, 0.3) is 11.8 Å². The van der Waals surface area contributed by atoms with E-state index in [1.165, 1.54) is 10.6 Å². The molecule has 9 heteroatoms. The third-order valence-electron chi connectivity index (χ3n) is 6.84. The standard InChI is InChI=1S/C30H32N6O3/c1-2-12-36(39-19-20-3-7-26(31)8-4-20)30(38)25-14-21-5-6-22(15-27(21)34-28(32)16-25)29(37)35-13-10-23-17-33-11-9-24(23)18-35/h3-9,11,14-15,17H,2,10,12-13,16,18-19,31H2,1H3,(H2,32,34). The van der Waals surface area contributed by atoms with Crippen LogP contribution in [0.1, 0.15) is 52.4 Å². The molecule has 0 aliphatic carbocycles. The number of nitrogens with two attached hydrogens (primary N) is 2. The fraction of sp³-hybridized carbons (Fsp3) is 0.267. The number of carbonyl (C=O) groups excluding carboxylic acids is 2. The van der Waals surface area contributed by atoms with Gasteiger partial charge in [0, 0.05) is 60.8 Å². The van der Waals surface area contributed by atoms with E-state index in [4.69, 9.17) is 16.3 Å². The van der Waals surface area contributed by atoms with Gasteiger partial charge >= 0.3 is 0 Å². The lowest BCUT2D eigenvalue weighted by Crippen LogP contribution is -2.36. The van der Waals surface area contributed by atoms with Crippen molar-refractivity contribution < 1.29 is 14.4 Å². The molecule has 4 N–H and O–H groups in total. The average Bonchev–Trinajstić information content (AvgIpc) is 3.12. The number of fused-ring (bicyclic) bond motifs is 2. The minimum Gasteiger partial charge on any atom is -0.399 e. The summed E-state index contributed by atoms with van der Waals surface area (Å²) in [5.74, 6) is -0.0315. The zero-order valence-electron chi connectivity index (χ0n) is 22.0. The largest absolute Gasteiger partial charge is 0.399 e. The van der Waals surface area contributed by atoms with Crippen molar-refractivity contribution in [1.82, 2.24) is 14.9 Å². The summed E-state index contributed by atoms with van der Waals surface area (Å²) in [7, 11) is 0. The van der Waals surface area contributed by atoms with E-state index in [9.17, 15) is 9.59 Å². The first-order chi connectivity index (χ1) is 18.9. The van der Waals surface area contributed by atoms with Crippen LogP contribution in [0.15, 0.2) is 71.5 Å². The Labute approximate surface area is 227 Å². The predicted molar refractivity (Wildman–Crippen MR) is 151 cm³/mol. The number of aromatic nitrogens is 1. The molecule has 2 aliphatic heterocycles. The molecule has 200 valence electrons. The topological polar surface area (TPSA) is 127 Å². The molecule has 0 atom stereocenters. The van der Waals surface area contributed by atoms with Crippen LogP contribution >= 0.6 is 0 Å². The molecule has 2 aromatic carbocycles. The van der Waals surface area contributed by atoms with Crippen LogP contribution in [0.3, 0.4) is 0 Å². The molecule has 0 bridgehead atoms. The number of nitrogens with zero attached hydrogens (tertiary/aromatic N) is 4. The maximum atomic E-state index is 13.5. The molecule has 3 aromatic rings. The molecule has 0 unspecified atom stereocenters. The molecule has 1 aromatic heterocycles. The van der Waals surface area contributed by atoms with Crippen LogP contribution in [0.2, 0.25) is 0 Å². The van der Waals surface area contributed by atoms with Gasteiger partial charge in [0.05, 0.1) is 5.69 Å². The Hall–Kier alpha value is -4.50. The van der Waals surface area contributed by atoms with Crippen molar-refractivity contribution in [3.05, 3.63) is 94.3 Å². The maximum absolute atomic E-state index is 13.5. The van der Waals surface area contributed by atoms with Gasteiger partial charge < -0.3 is 16.4 Å². The number of anilines is 1. The molecule has 0 saturated heterocycles. The molecule has 2 amide bonds. The van der Waals surface area contributed by atoms with Crippen molar-refractivity contribution in [1.29, 1.82) is 0 Å². The third kappa shape index (κ3) is 5.99. The number of carbonyl (C=O) groups is 2. The van der Waals surface area contributed by atoms with Crippen molar-refractivity contribution in [3.8, 4) is 0 Å². The summed E-state index contributed by atoms with van der Waals surface area (Å²) >= 11 is 0. The summed E-state index contributed by atoms with van der Waals surface area (Å²) in [6, 6.07) is 14.6. The highest BCUT2D eigenvalue weighted by Crippen LogP contribution is 2.30. The molecule has 9 nitrogen and oxygen atoms in total. The zero-order chi connectivity index (χ0) is 27.4. The SMILES string of the molecule is CCCN(OCc1ccc(N)cc1)C(=O)C1=Cc2ccc(C(=O)N3CCc4cnccc4C3)cc2N=C(N)C1. The Bertz CT molecular complexity index is 1450. The van der Waals surface area contributed by atoms with Gasteiger partial charge in [-0.25, -0.2) is 10.1 Å². The predicted octanol–water partition coefficient (Wildman–Crippen LogP) is 4.01. The first-order valence-corrected chi connectivity index (χ1v) is 13.1. The van der Waals surface area contributed by atoms with Crippen LogP contribution < -0.4 is 11.5 Å². The van der Waals surface area contributed by atoms with Crippen molar-refractivity contribution in [2.45, 2.75) is 39.3 Å². The minimum atomic E-state index is -0.264. The van der Waals surface area contributed by atoms with E-state index in [2.05, 4.69) is 9.98 Å². The van der Waals surface area contributed by atoms with E-state index in [1.807, 2.05) is 42.3 Å². The zero-order valence-corrected chi connectivity index (χ0v) is 22.0. The second-order valence-electron chi connectivity index (χ2n) is 9.77. The van der Waals surface area contributed by atoms with Crippen molar-refractivity contribution in [3.63, 3.8) is 0 Å². The molecule has 5 rings (SSSR count). The van der Waals surface area contributed by atoms with Gasteiger partial charge in [0.15, 0.2) is 0 Å². The number of benzene rings is 2. The lowest BCUT2D eigenvalue weighted by Gasteiger charge is -2.28. The molecular weight excluding hydrogens is 492 g/mol. The highest BCUT2D eigenvalue weighted by Gasteiger charge is 2.25. The number of hydrogen-bond donors (Lipinski definition) is 2. The average molecular weight is 525 g/mol. The van der Waals surface area contributed by atoms with Crippen molar-refractivity contribution in [2.24, 2.45) is 10.7 Å². The number of amidine groups is 1. The van der Waals surface area contributed by atoms with E-state index in [0.717, 1.165) is 29.5 Å². The monoisotopic (exact) mass is 524 g/mol. The Morgan fingerprint density at radius 3 is 2.69 bits per heavy atom. The fourth-order valence-corrected chi connectivity index (χ4v) is 4.75. The fourth-order valence-electron chi connectivity index (χ4n) is 4.75. The van der Waals surface area contributed by atoms with Crippen molar-refractivity contribution in [2.75, 3.05) is 18.8 Å². The highest BCUT2D eigenvalue weighted by atomic mass is 16.7. The number of amides is 2. The van der Waals surface area contributed by atoms with Gasteiger partial charge in [-0.3, -0.25) is 19.4 Å². The lowest BCUT2D eigenvalue weighted by molar-refractivity contribution is -0.187. The molecule has 2 aliphatic rings. The summed E-state index contributed by atoms with van der Waals surface area (Å²) in [5.41, 5.74) is 18.2. The smallest absolute Gasteiger partial charge is 0.273 e. The highest BCUT2D eigenvalue weighted by molar-refractivity contribution is 6.05. The summed E-state index contributed by atoms with van der Waals surface area (Å²) in [4.78, 5) is 43.3. The van der Waals surface area contributed by atoms with Gasteiger partial charge in [-0.05, 0) is 65.9 Å². The van der Waals surface area contributed by atoms with E-state index in [1.54, 1.807) is 36.5 Å². The number of aliphatic imine (C=N–C) groups is 1. The molecule has 39 heavy (non-hydrogen) atoms. The van der Waals surface area contributed by atoms with Gasteiger partial charge in [-0.2, -0.15) is 0 Å². The number of hydroxylamine groups is 2. The summed E-state index contributed by atoms with van der Waals surface area (Å²) in [6.07, 6.45) is 7.08. The first-order valence-electron chi connectivity index (χ1n) is 13.1. The van der Waals surface area contributed by atoms with E-state index >= 15 is 0 Å². The Morgan fingerprint density at radius 2 is 1.90 bits per heavy atom. The van der Waals surface area contributed by atoms with Crippen LogP contribution in [0.25, 0.3) is 6.08 Å². The molecule has 3 heterocycles. The van der Waals surface area contributed by atoms with Crippen LogP contribution in [-0.2, 0) is 29.2 Å². The molecule has 0 saturated carbocycles. The normalized spacial score (nSPS) is 14.4. The van der Waals surface area contributed by atoms with E-state index in [-0.39, 0.29) is 24.8 Å². The lowest BCUT2D eigenvalue weighted by atomic mass is 10.0. The molecular formula is C30H32N6O3. The van der Waals surface area contributed by atoms with Gasteiger partial charge in [-0.15, -0.1) is 0 Å². The Kier molecular flexibility index (Phi) is 7.69. The quantitative estimate of drug-likeness (QED) is 0.355. The van der Waals surface area contributed by atoms with E-state index < -0.39 is 0 Å². The minimum absolute atomic E-state index is 0.0660. The van der Waals surface area contributed by atoms with E-state index in [0.29, 0.717) is 48.0 Å². The summed E-state index contributed by atoms with van der Waals surface area (Å²) in [5, 5.41) is 1.38. The third-order valence-corrected chi connectivity index (χ3v) is 6.84. The molecule has 0 spiro atoms. The van der Waals surface area contributed by atoms with Gasteiger partial charge in [-0.1, -0.05) is 25.1 Å². The second-order valence-corrected chi connectivity index (χ2v) is 9.77. The Morgan fingerprint density at radius 1 is 1.08 bits per heavy atom. The number of nitrogen functional groups attached to an aromatic ring is 1. The second kappa shape index (κ2) is 11.5. The van der Waals surface area contributed by atoms with Gasteiger partial charge in [0.1, 0.15) is 12.4 Å². The van der Waals surface area contributed by atoms with Crippen LogP contribution in [0.4, 0.5) is 11.4 Å². The number of rotatable bonds is 7. The van der Waals surface area contributed by atoms with Crippen LogP contribution in [-0.4, -0.2) is 45.7 Å². The number of hydrogen-bond acceptors (Lipinski definition) is 7. The first kappa shape index (κ1) is 26.1. The summed E-state index contributed by atoms with van der Waals surface area (Å²) in [6.45, 7) is 3.82. The number of pyridine rings is 1. The molecule has 0 radical (unpaired) electrons. The maximum Gasteiger partial charge on any atom is 0.273 e. The molecule has 0 fully saturated rings. The van der Waals surface area contributed by atoms with Crippen LogP contribution in [0.5, 0.6) is 0 Å².